The van der Waals surface area contributed by atoms with Gasteiger partial charge in [0, 0.05) is 0 Å². The van der Waals surface area contributed by atoms with E-state index in [1.54, 1.807) is 0 Å². The Labute approximate surface area is 94.2 Å². The van der Waals surface area contributed by atoms with Gasteiger partial charge in [-0.15, -0.1) is 0 Å². The molecule has 0 nitrogen and oxygen atoms in total. The zero-order chi connectivity index (χ0) is 10.5. The summed E-state index contributed by atoms with van der Waals surface area (Å²) in [6.45, 7) is 0. The molecule has 0 atom stereocenters. The van der Waals surface area contributed by atoms with Gasteiger partial charge in [-0.2, -0.15) is 0 Å². The van der Waals surface area contributed by atoms with Crippen LogP contribution in [-0.2, 0) is 0 Å². The Balaban J connectivity index is 2.31. The van der Waals surface area contributed by atoms with Crippen LogP contribution < -0.4 is 0 Å². The Morgan fingerprint density at radius 1 is 0.625 bits per heavy atom. The molecule has 0 aliphatic heterocycles. The van der Waals surface area contributed by atoms with Crippen molar-refractivity contribution in [1.29, 1.82) is 0 Å². The average molecular weight is 203 g/mol. The lowest BCUT2D eigenvalue weighted by molar-refractivity contribution is 1.70. The van der Waals surface area contributed by atoms with Crippen molar-refractivity contribution in [1.82, 2.24) is 0 Å². The summed E-state index contributed by atoms with van der Waals surface area (Å²) in [5, 5.41) is 2.57. The third-order valence-electron chi connectivity index (χ3n) is 3.33. The highest BCUT2D eigenvalue weighted by Crippen LogP contribution is 2.46. The first-order chi connectivity index (χ1) is 7.95. The molecule has 0 aromatic heterocycles. The number of hydrogen-bond donors (Lipinski definition) is 0. The predicted octanol–water partition coefficient (Wildman–Crippen LogP) is 4.29. The lowest BCUT2D eigenvalue weighted by Crippen LogP contribution is -1.74. The topological polar surface area (TPSA) is 0 Å². The van der Waals surface area contributed by atoms with Gasteiger partial charge in [-0.05, 0) is 39.1 Å². The molecule has 4 rings (SSSR count). The quantitative estimate of drug-likeness (QED) is 0.400. The molecule has 1 aliphatic carbocycles. The molecule has 0 bridgehead atoms. The van der Waals surface area contributed by atoms with Crippen LogP contribution in [0.3, 0.4) is 0 Å². The lowest BCUT2D eigenvalue weighted by Gasteiger charge is -1.99. The van der Waals surface area contributed by atoms with E-state index in [1.165, 1.54) is 33.0 Å². The molecule has 0 saturated heterocycles. The van der Waals surface area contributed by atoms with E-state index >= 15 is 0 Å². The Hall–Kier alpha value is -2.08. The highest BCUT2D eigenvalue weighted by atomic mass is 14.6. The highest BCUT2D eigenvalue weighted by molar-refractivity contribution is 6.14. The summed E-state index contributed by atoms with van der Waals surface area (Å²) < 4.78 is 0. The number of rotatable bonds is 0. The van der Waals surface area contributed by atoms with Crippen LogP contribution >= 0.6 is 0 Å². The van der Waals surface area contributed by atoms with Crippen molar-refractivity contribution in [2.75, 3.05) is 0 Å². The fourth-order valence-electron chi connectivity index (χ4n) is 2.66. The van der Waals surface area contributed by atoms with Crippen LogP contribution in [0.4, 0.5) is 0 Å². The number of hydrogen-bond acceptors (Lipinski definition) is 0. The van der Waals surface area contributed by atoms with Crippen LogP contribution in [0.25, 0.3) is 33.0 Å². The fourth-order valence-corrected chi connectivity index (χ4v) is 2.66. The summed E-state index contributed by atoms with van der Waals surface area (Å²) in [7, 11) is 0. The van der Waals surface area contributed by atoms with Gasteiger partial charge in [0.2, 0.25) is 0 Å². The second-order valence-corrected chi connectivity index (χ2v) is 4.17. The number of fused-ring (bicyclic) bond motifs is 3. The van der Waals surface area contributed by atoms with Gasteiger partial charge in [0.15, 0.2) is 0 Å². The molecule has 0 spiro atoms. The Morgan fingerprint density at radius 2 is 1.31 bits per heavy atom. The Bertz CT molecular complexity index is 650. The summed E-state index contributed by atoms with van der Waals surface area (Å²) in [5.41, 5.74) is 5.39. The van der Waals surface area contributed by atoms with Crippen molar-refractivity contribution in [2.45, 2.75) is 0 Å². The minimum absolute atomic E-state index is 1.21. The minimum atomic E-state index is 1.21. The molecule has 0 fully saturated rings. The maximum atomic E-state index is 3.31. The van der Waals surface area contributed by atoms with Gasteiger partial charge in [-0.1, -0.05) is 54.6 Å². The molecule has 0 amide bonds. The van der Waals surface area contributed by atoms with E-state index in [-0.39, 0.29) is 0 Å². The molecule has 1 aliphatic rings. The van der Waals surface area contributed by atoms with Crippen molar-refractivity contribution < 1.29 is 0 Å². The second-order valence-electron chi connectivity index (χ2n) is 4.17. The standard InChI is InChI=1S/C16H9/c1-2-8-13-12(7-1)14-9-3-5-11-6-4-10-15(13)16(11)14/h1-5,7-10H/i6+2. The van der Waals surface area contributed by atoms with Gasteiger partial charge < -0.3 is 0 Å². The van der Waals surface area contributed by atoms with Gasteiger partial charge in [-0.25, -0.2) is 0 Å². The maximum Gasteiger partial charge on any atom is -0.00201 e. The molecule has 0 heteroatoms. The van der Waals surface area contributed by atoms with Crippen molar-refractivity contribution >= 4 is 10.8 Å². The van der Waals surface area contributed by atoms with Crippen LogP contribution in [0.5, 0.6) is 0 Å². The smallest absolute Gasteiger partial charge is 0.00201 e. The first kappa shape index (κ1) is 8.12. The molecule has 0 unspecified atom stereocenters. The lowest BCUT2D eigenvalue weighted by atomic mass is 10.1. The molecule has 73 valence electrons. The molecular weight excluding hydrogens is 194 g/mol. The summed E-state index contributed by atoms with van der Waals surface area (Å²) in [5.74, 6) is 0. The van der Waals surface area contributed by atoms with Gasteiger partial charge in [0.05, 0.1) is 0 Å². The van der Waals surface area contributed by atoms with Crippen LogP contribution in [0.2, 0.25) is 0 Å². The Morgan fingerprint density at radius 3 is 2.12 bits per heavy atom. The highest BCUT2D eigenvalue weighted by Gasteiger charge is 2.19. The fraction of sp³-hybridized carbons (Fsp3) is 0. The van der Waals surface area contributed by atoms with Gasteiger partial charge in [-0.3, -0.25) is 0 Å². The van der Waals surface area contributed by atoms with E-state index in [1.807, 2.05) is 6.07 Å². The van der Waals surface area contributed by atoms with Gasteiger partial charge in [0.25, 0.3) is 0 Å². The summed E-state index contributed by atoms with van der Waals surface area (Å²) in [6, 6.07) is 22.5. The molecule has 1 radical (unpaired) electrons. The van der Waals surface area contributed by atoms with Crippen LogP contribution in [-0.4, -0.2) is 0 Å². The monoisotopic (exact) mass is 203 g/mol. The van der Waals surface area contributed by atoms with Gasteiger partial charge >= 0.3 is 0 Å². The SMILES string of the molecule is c1ccc2c(c1)-c1cccc3[14c]ccc-2c13. The van der Waals surface area contributed by atoms with E-state index in [0.717, 1.165) is 0 Å². The van der Waals surface area contributed by atoms with Crippen LogP contribution in [0.15, 0.2) is 54.6 Å². The van der Waals surface area contributed by atoms with Gasteiger partial charge in [0.1, 0.15) is 0 Å². The van der Waals surface area contributed by atoms with E-state index < -0.39 is 0 Å². The zero-order valence-corrected chi connectivity index (χ0v) is 8.70. The number of benzene rings is 3. The van der Waals surface area contributed by atoms with Crippen molar-refractivity contribution in [3.63, 3.8) is 0 Å². The minimum Gasteiger partial charge on any atom is -0.0616 e. The van der Waals surface area contributed by atoms with E-state index in [4.69, 9.17) is 0 Å². The Kier molecular flexibility index (Phi) is 1.39. The van der Waals surface area contributed by atoms with E-state index in [2.05, 4.69) is 54.6 Å². The molecule has 16 heavy (non-hydrogen) atoms. The first-order valence-corrected chi connectivity index (χ1v) is 5.48. The van der Waals surface area contributed by atoms with E-state index in [9.17, 15) is 0 Å². The average Bonchev–Trinajstić information content (AvgIpc) is 2.68. The largest absolute Gasteiger partial charge is 0.0616 e. The van der Waals surface area contributed by atoms with E-state index in [0.29, 0.717) is 0 Å². The molecule has 3 aromatic rings. The summed E-state index contributed by atoms with van der Waals surface area (Å²) >= 11 is 0. The van der Waals surface area contributed by atoms with Crippen molar-refractivity contribution in [3.05, 3.63) is 60.7 Å². The molecule has 0 saturated carbocycles. The summed E-state index contributed by atoms with van der Waals surface area (Å²) in [4.78, 5) is 0. The third kappa shape index (κ3) is 0.849. The third-order valence-corrected chi connectivity index (χ3v) is 3.33. The van der Waals surface area contributed by atoms with Crippen LogP contribution in [0.1, 0.15) is 0 Å². The zero-order valence-electron chi connectivity index (χ0n) is 8.70. The predicted molar refractivity (Wildman–Crippen MR) is 67.2 cm³/mol. The molecule has 0 N–H and O–H groups in total. The molecule has 3 aromatic carbocycles. The first-order valence-electron chi connectivity index (χ1n) is 5.48. The molecule has 0 heterocycles. The van der Waals surface area contributed by atoms with Crippen molar-refractivity contribution in [3.8, 4) is 22.3 Å². The normalized spacial score (nSPS) is 11.8. The van der Waals surface area contributed by atoms with Crippen LogP contribution in [0, 0.1) is 6.07 Å². The second kappa shape index (κ2) is 2.73. The van der Waals surface area contributed by atoms with Crippen molar-refractivity contribution in [2.24, 2.45) is 0 Å². The molecular formula is C16H9. The summed E-state index contributed by atoms with van der Waals surface area (Å²) in [6.07, 6.45) is 0. The maximum absolute atomic E-state index is 3.31.